The number of phenolic OH excluding ortho intramolecular Hbond substituents is 4. The number of carboxylic acid groups (broad SMARTS) is 2. The number of aliphatic hydroxyl groups excluding tert-OH is 2. The third-order valence-electron chi connectivity index (χ3n) is 12.3. The fourth-order valence-corrected chi connectivity index (χ4v) is 8.26. The quantitative estimate of drug-likeness (QED) is 0.0221. The molecule has 10 rings (SSSR count). The van der Waals surface area contributed by atoms with Gasteiger partial charge < -0.3 is 40.9 Å². The monoisotopic (exact) mass is 1190 g/mol. The van der Waals surface area contributed by atoms with Crippen molar-refractivity contribution in [3.63, 3.8) is 0 Å². The van der Waals surface area contributed by atoms with Gasteiger partial charge in [-0.15, -0.1) is 20.5 Å². The molecule has 0 atom stereocenters. The summed E-state index contributed by atoms with van der Waals surface area (Å²) in [6.45, 7) is 0. The van der Waals surface area contributed by atoms with Gasteiger partial charge in [0, 0.05) is 60.9 Å². The van der Waals surface area contributed by atoms with Gasteiger partial charge in [0.05, 0.1) is 11.1 Å². The van der Waals surface area contributed by atoms with Gasteiger partial charge in [-0.3, -0.25) is 9.59 Å². The second-order valence-electron chi connectivity index (χ2n) is 17.4. The van der Waals surface area contributed by atoms with Crippen LogP contribution >= 0.6 is 0 Å². The molecule has 18 nitrogen and oxygen atoms in total. The zero-order valence-electron chi connectivity index (χ0n) is 44.9. The number of rotatable bonds is 14. The van der Waals surface area contributed by atoms with Crippen molar-refractivity contribution < 1.29 is 165 Å². The van der Waals surface area contributed by atoms with Crippen LogP contribution in [0.1, 0.15) is 63.7 Å². The van der Waals surface area contributed by atoms with Crippen LogP contribution in [-0.2, 0) is 16.8 Å². The van der Waals surface area contributed by atoms with Crippen molar-refractivity contribution in [1.29, 1.82) is 0 Å². The predicted octanol–water partition coefficient (Wildman–Crippen LogP) is 5.47. The number of phenols is 4. The molecular formula is C62H42CoN6Na3O12+3. The summed E-state index contributed by atoms with van der Waals surface area (Å²) in [5.74, 6) is -5.64. The van der Waals surface area contributed by atoms with E-state index in [4.69, 9.17) is 0 Å². The van der Waals surface area contributed by atoms with E-state index in [9.17, 15) is 60.0 Å². The molecule has 22 heteroatoms. The Morgan fingerprint density at radius 1 is 0.321 bits per heavy atom. The zero-order chi connectivity index (χ0) is 56.5. The molecule has 0 saturated heterocycles. The van der Waals surface area contributed by atoms with Crippen LogP contribution in [0.4, 0.5) is 34.1 Å². The van der Waals surface area contributed by atoms with Gasteiger partial charge in [0.1, 0.15) is 45.6 Å². The minimum atomic E-state index is -1.24. The third kappa shape index (κ3) is 15.3. The molecular weight excluding hydrogens is 1150 g/mol. The van der Waals surface area contributed by atoms with Gasteiger partial charge >= 0.3 is 101 Å². The van der Waals surface area contributed by atoms with E-state index in [2.05, 4.69) is 30.4 Å². The Bertz CT molecular complexity index is 3960. The fourth-order valence-electron chi connectivity index (χ4n) is 8.26. The number of hydrogen-bond donors (Lipinski definition) is 8. The minimum Gasteiger partial charge on any atom is -0.506 e. The largest absolute Gasteiger partial charge is 1.00 e. The summed E-state index contributed by atoms with van der Waals surface area (Å²) in [6.07, 6.45) is 0. The van der Waals surface area contributed by atoms with E-state index < -0.39 is 23.5 Å². The van der Waals surface area contributed by atoms with E-state index in [1.54, 1.807) is 133 Å². The van der Waals surface area contributed by atoms with E-state index in [0.29, 0.717) is 32.7 Å². The van der Waals surface area contributed by atoms with E-state index >= 15 is 0 Å². The van der Waals surface area contributed by atoms with Crippen molar-refractivity contribution in [1.82, 2.24) is 0 Å². The smallest absolute Gasteiger partial charge is 0.506 e. The first-order valence-electron chi connectivity index (χ1n) is 24.1. The van der Waals surface area contributed by atoms with Gasteiger partial charge in [-0.1, -0.05) is 121 Å². The predicted molar refractivity (Wildman–Crippen MR) is 300 cm³/mol. The van der Waals surface area contributed by atoms with Crippen molar-refractivity contribution in [2.24, 2.45) is 30.4 Å². The molecule has 10 aromatic rings. The zero-order valence-corrected chi connectivity index (χ0v) is 51.9. The average Bonchev–Trinajstić information content (AvgIpc) is 3.55. The molecule has 10 aromatic carbocycles. The normalized spacial score (nSPS) is 11.1. The first-order valence-corrected chi connectivity index (χ1v) is 24.1. The summed E-state index contributed by atoms with van der Waals surface area (Å²) in [4.78, 5) is 57.3. The van der Waals surface area contributed by atoms with E-state index in [1.165, 1.54) is 72.8 Å². The Hall–Kier alpha value is -8.15. The van der Waals surface area contributed by atoms with Gasteiger partial charge in [-0.05, 0) is 95.7 Å². The molecule has 84 heavy (non-hydrogen) atoms. The minimum absolute atomic E-state index is 0. The van der Waals surface area contributed by atoms with Crippen molar-refractivity contribution in [2.75, 3.05) is 0 Å². The molecule has 0 bridgehead atoms. The Morgan fingerprint density at radius 3 is 0.988 bits per heavy atom. The second kappa shape index (κ2) is 30.4. The van der Waals surface area contributed by atoms with E-state index in [-0.39, 0.29) is 208 Å². The maximum absolute atomic E-state index is 12.9. The Labute approximate surface area is 555 Å². The number of carbonyl (C=O) groups excluding carboxylic acids is 2. The summed E-state index contributed by atoms with van der Waals surface area (Å²) < 4.78 is 0. The summed E-state index contributed by atoms with van der Waals surface area (Å²) in [5.41, 5.74) is 0.975. The van der Waals surface area contributed by atoms with E-state index in [1.807, 2.05) is 0 Å². The van der Waals surface area contributed by atoms with E-state index in [0.717, 1.165) is 0 Å². The molecule has 0 aromatic heterocycles. The van der Waals surface area contributed by atoms with Gasteiger partial charge in [0.2, 0.25) is 11.8 Å². The number of aromatic carboxylic acids is 2. The summed E-state index contributed by atoms with van der Waals surface area (Å²) >= 11 is 0. The Morgan fingerprint density at radius 2 is 0.643 bits per heavy atom. The number of nitrogens with zero attached hydrogens (tertiary/aromatic N) is 6. The summed E-state index contributed by atoms with van der Waals surface area (Å²) in [5, 5.41) is 102. The van der Waals surface area contributed by atoms with Crippen LogP contribution in [0.5, 0.6) is 23.0 Å². The number of hydrogen-bond acceptors (Lipinski definition) is 14. The maximum Gasteiger partial charge on any atom is 1.00 e. The number of ketones is 2. The molecule has 0 unspecified atom stereocenters. The molecule has 0 saturated carbocycles. The number of azo groups is 2. The van der Waals surface area contributed by atoms with Crippen LogP contribution < -0.4 is 88.7 Å². The van der Waals surface area contributed by atoms with Crippen molar-refractivity contribution in [2.45, 2.75) is 0 Å². The molecule has 1 radical (unpaired) electrons. The number of benzene rings is 10. The third-order valence-corrected chi connectivity index (χ3v) is 12.3. The van der Waals surface area contributed by atoms with Crippen molar-refractivity contribution in [3.8, 4) is 23.0 Å². The number of aliphatic imine (C=N–C) groups is 2. The number of aromatic hydroxyl groups is 4. The van der Waals surface area contributed by atoms with Crippen molar-refractivity contribution >= 4 is 91.0 Å². The summed E-state index contributed by atoms with van der Waals surface area (Å²) in [6, 6.07) is 54.1. The SMILES string of the molecule is O=C(O)c1ccccc1C(=O)c1ccc(N=Nc2c(O)c(N=C(O)c3ccccc3)cc3ccccc23)c(O)c1.O=C(O)c1ccccc1C(=O)c1ccc(N=Nc2c(O)c(N=C(O)c3ccccc3)cc3ccccc23)c(O)c1.[Co].[Na+].[Na+].[Na+]. The standard InChI is InChI=1S/2C31H21N3O6.Co.3Na/c2*35-26-17-20(28(36)22-12-6-7-13-23(22)31(39)40)14-15-24(26)33-34-27-21-11-5-4-10-19(21)16-25(29(27)37)32-30(38)18-8-2-1-3-9-18;;;;/h2*1-17,35,37H,(H,32,38)(H,39,40);;;;/q;;;3*+1. The molecule has 401 valence electrons. The first kappa shape index (κ1) is 66.6. The Balaban J connectivity index is 0.000000293. The molecule has 0 amide bonds. The van der Waals surface area contributed by atoms with Crippen LogP contribution in [0.3, 0.4) is 0 Å². The topological polar surface area (TPSA) is 304 Å². The molecule has 0 aliphatic heterocycles. The second-order valence-corrected chi connectivity index (χ2v) is 17.4. The summed E-state index contributed by atoms with van der Waals surface area (Å²) in [7, 11) is 0. The maximum atomic E-state index is 12.9. The number of fused-ring (bicyclic) bond motifs is 2. The van der Waals surface area contributed by atoms with Gasteiger partial charge in [-0.25, -0.2) is 19.6 Å². The average molecular weight is 1190 g/mol. The molecule has 0 spiro atoms. The Kier molecular flexibility index (Phi) is 24.1. The molecule has 0 fully saturated rings. The van der Waals surface area contributed by atoms with Crippen molar-refractivity contribution in [3.05, 3.63) is 251 Å². The van der Waals surface area contributed by atoms with Gasteiger partial charge in [0.15, 0.2) is 23.1 Å². The molecule has 0 aliphatic rings. The van der Waals surface area contributed by atoms with Crippen LogP contribution in [-0.4, -0.2) is 76.2 Å². The van der Waals surface area contributed by atoms with Crippen LogP contribution in [0.2, 0.25) is 0 Å². The van der Waals surface area contributed by atoms with Gasteiger partial charge in [0.25, 0.3) is 0 Å². The number of carboxylic acids is 2. The van der Waals surface area contributed by atoms with Crippen LogP contribution in [0.25, 0.3) is 21.5 Å². The fraction of sp³-hybridized carbons (Fsp3) is 0. The number of carbonyl (C=O) groups is 4. The molecule has 0 heterocycles. The van der Waals surface area contributed by atoms with Crippen LogP contribution in [0, 0.1) is 0 Å². The van der Waals surface area contributed by atoms with Crippen LogP contribution in [0.15, 0.2) is 237 Å². The molecule has 8 N–H and O–H groups in total. The first-order chi connectivity index (χ1) is 38.7. The van der Waals surface area contributed by atoms with Gasteiger partial charge in [-0.2, -0.15) is 0 Å². The molecule has 0 aliphatic carbocycles. The number of aliphatic hydroxyl groups is 2.